The molecule has 1 amide bonds. The molecule has 1 unspecified atom stereocenters. The molecule has 0 radical (unpaired) electrons. The van der Waals surface area contributed by atoms with Gasteiger partial charge in [-0.3, -0.25) is 4.79 Å². The molecule has 2 N–H and O–H groups in total. The van der Waals surface area contributed by atoms with Crippen LogP contribution in [-0.2, 0) is 9.59 Å². The van der Waals surface area contributed by atoms with Gasteiger partial charge < -0.3 is 10.4 Å². The highest BCUT2D eigenvalue weighted by atomic mass is 16.4. The summed E-state index contributed by atoms with van der Waals surface area (Å²) in [7, 11) is 0. The second-order valence-electron chi connectivity index (χ2n) is 4.73. The van der Waals surface area contributed by atoms with Gasteiger partial charge in [0.15, 0.2) is 0 Å². The van der Waals surface area contributed by atoms with E-state index >= 15 is 0 Å². The van der Waals surface area contributed by atoms with Crippen LogP contribution in [0, 0.1) is 5.41 Å². The van der Waals surface area contributed by atoms with Gasteiger partial charge in [-0.2, -0.15) is 0 Å². The second-order valence-corrected chi connectivity index (χ2v) is 4.73. The summed E-state index contributed by atoms with van der Waals surface area (Å²) in [4.78, 5) is 23.1. The standard InChI is InChI=1S/C13H21NO3/c1-3-7-10(11(15)16)14-12(17)13(4-2)8-5-6-9-13/h3,10H,1,4-9H2,2H3,(H,14,17)(H,15,16). The van der Waals surface area contributed by atoms with Crippen LogP contribution in [0.4, 0.5) is 0 Å². The van der Waals surface area contributed by atoms with E-state index in [0.29, 0.717) is 0 Å². The molecule has 4 nitrogen and oxygen atoms in total. The monoisotopic (exact) mass is 239 g/mol. The molecule has 1 fully saturated rings. The number of hydrogen-bond acceptors (Lipinski definition) is 2. The topological polar surface area (TPSA) is 66.4 Å². The van der Waals surface area contributed by atoms with Crippen molar-refractivity contribution >= 4 is 11.9 Å². The van der Waals surface area contributed by atoms with Crippen LogP contribution >= 0.6 is 0 Å². The smallest absolute Gasteiger partial charge is 0.326 e. The molecule has 0 bridgehead atoms. The Morgan fingerprint density at radius 1 is 1.47 bits per heavy atom. The van der Waals surface area contributed by atoms with E-state index in [1.54, 1.807) is 0 Å². The highest BCUT2D eigenvalue weighted by Gasteiger charge is 2.40. The molecule has 17 heavy (non-hydrogen) atoms. The van der Waals surface area contributed by atoms with Gasteiger partial charge in [-0.1, -0.05) is 25.8 Å². The van der Waals surface area contributed by atoms with Gasteiger partial charge in [-0.05, 0) is 25.7 Å². The van der Waals surface area contributed by atoms with Crippen molar-refractivity contribution in [2.24, 2.45) is 5.41 Å². The normalized spacial score (nSPS) is 19.6. The lowest BCUT2D eigenvalue weighted by atomic mass is 9.82. The summed E-state index contributed by atoms with van der Waals surface area (Å²) in [5, 5.41) is 11.6. The van der Waals surface area contributed by atoms with E-state index in [2.05, 4.69) is 11.9 Å². The Balaban J connectivity index is 2.68. The molecular formula is C13H21NO3. The Hall–Kier alpha value is -1.32. The summed E-state index contributed by atoms with van der Waals surface area (Å²) in [6, 6.07) is -0.843. The van der Waals surface area contributed by atoms with Crippen molar-refractivity contribution in [1.82, 2.24) is 5.32 Å². The maximum Gasteiger partial charge on any atom is 0.326 e. The van der Waals surface area contributed by atoms with Gasteiger partial charge in [0.1, 0.15) is 6.04 Å². The zero-order valence-corrected chi connectivity index (χ0v) is 10.4. The van der Waals surface area contributed by atoms with E-state index in [1.807, 2.05) is 6.92 Å². The van der Waals surface area contributed by atoms with Crippen molar-refractivity contribution in [2.45, 2.75) is 51.5 Å². The fraction of sp³-hybridized carbons (Fsp3) is 0.692. The van der Waals surface area contributed by atoms with Crippen molar-refractivity contribution in [3.05, 3.63) is 12.7 Å². The molecule has 0 saturated heterocycles. The third-order valence-electron chi connectivity index (χ3n) is 3.72. The minimum atomic E-state index is -0.998. The fourth-order valence-corrected chi connectivity index (χ4v) is 2.49. The van der Waals surface area contributed by atoms with Crippen LogP contribution in [0.15, 0.2) is 12.7 Å². The van der Waals surface area contributed by atoms with Crippen molar-refractivity contribution in [2.75, 3.05) is 0 Å². The molecule has 1 aliphatic carbocycles. The lowest BCUT2D eigenvalue weighted by Gasteiger charge is -2.27. The third kappa shape index (κ3) is 3.08. The molecule has 0 spiro atoms. The van der Waals surface area contributed by atoms with Gasteiger partial charge in [-0.15, -0.1) is 6.58 Å². The first kappa shape index (κ1) is 13.7. The predicted molar refractivity (Wildman–Crippen MR) is 65.6 cm³/mol. The molecule has 0 aliphatic heterocycles. The SMILES string of the molecule is C=CCC(NC(=O)C1(CC)CCCC1)C(=O)O. The maximum absolute atomic E-state index is 12.2. The van der Waals surface area contributed by atoms with Gasteiger partial charge in [0.2, 0.25) is 5.91 Å². The Kier molecular flexibility index (Phi) is 4.73. The number of aliphatic carboxylic acids is 1. The van der Waals surface area contributed by atoms with Crippen molar-refractivity contribution in [3.63, 3.8) is 0 Å². The van der Waals surface area contributed by atoms with E-state index in [0.717, 1.165) is 32.1 Å². The third-order valence-corrected chi connectivity index (χ3v) is 3.72. The first-order valence-corrected chi connectivity index (χ1v) is 6.20. The van der Waals surface area contributed by atoms with E-state index in [9.17, 15) is 9.59 Å². The minimum absolute atomic E-state index is 0.105. The van der Waals surface area contributed by atoms with Crippen molar-refractivity contribution in [1.29, 1.82) is 0 Å². The quantitative estimate of drug-likeness (QED) is 0.697. The van der Waals surface area contributed by atoms with Gasteiger partial charge in [0, 0.05) is 5.41 Å². The first-order chi connectivity index (χ1) is 8.05. The van der Waals surface area contributed by atoms with E-state index < -0.39 is 12.0 Å². The fourth-order valence-electron chi connectivity index (χ4n) is 2.49. The van der Waals surface area contributed by atoms with E-state index in [1.165, 1.54) is 6.08 Å². The van der Waals surface area contributed by atoms with Gasteiger partial charge in [0.05, 0.1) is 0 Å². The van der Waals surface area contributed by atoms with Crippen LogP contribution in [0.2, 0.25) is 0 Å². The molecular weight excluding hydrogens is 218 g/mol. The number of hydrogen-bond donors (Lipinski definition) is 2. The Morgan fingerprint density at radius 2 is 2.06 bits per heavy atom. The molecule has 0 aromatic heterocycles. The van der Waals surface area contributed by atoms with Crippen LogP contribution in [0.25, 0.3) is 0 Å². The van der Waals surface area contributed by atoms with Crippen LogP contribution in [0.5, 0.6) is 0 Å². The summed E-state index contributed by atoms with van der Waals surface area (Å²) >= 11 is 0. The largest absolute Gasteiger partial charge is 0.480 e. The highest BCUT2D eigenvalue weighted by Crippen LogP contribution is 2.41. The lowest BCUT2D eigenvalue weighted by Crippen LogP contribution is -2.47. The molecule has 1 atom stereocenters. The second kappa shape index (κ2) is 5.84. The molecule has 0 heterocycles. The van der Waals surface area contributed by atoms with Crippen LogP contribution in [0.3, 0.4) is 0 Å². The molecule has 1 rings (SSSR count). The zero-order chi connectivity index (χ0) is 12.9. The van der Waals surface area contributed by atoms with Crippen molar-refractivity contribution < 1.29 is 14.7 Å². The Morgan fingerprint density at radius 3 is 2.47 bits per heavy atom. The number of carbonyl (C=O) groups is 2. The van der Waals surface area contributed by atoms with Crippen LogP contribution in [-0.4, -0.2) is 23.0 Å². The molecule has 1 aliphatic rings. The van der Waals surface area contributed by atoms with Crippen LogP contribution in [0.1, 0.15) is 45.4 Å². The van der Waals surface area contributed by atoms with E-state index in [4.69, 9.17) is 5.11 Å². The maximum atomic E-state index is 12.2. The predicted octanol–water partition coefficient (Wildman–Crippen LogP) is 2.10. The highest BCUT2D eigenvalue weighted by molar-refractivity contribution is 5.87. The summed E-state index contributed by atoms with van der Waals surface area (Å²) < 4.78 is 0. The summed E-state index contributed by atoms with van der Waals surface area (Å²) in [5.41, 5.74) is -0.338. The number of carboxylic acid groups (broad SMARTS) is 1. The zero-order valence-electron chi connectivity index (χ0n) is 10.4. The summed E-state index contributed by atoms with van der Waals surface area (Å²) in [6.45, 7) is 5.50. The molecule has 0 aromatic carbocycles. The number of rotatable bonds is 6. The van der Waals surface area contributed by atoms with Crippen LogP contribution < -0.4 is 5.32 Å². The number of carbonyl (C=O) groups excluding carboxylic acids is 1. The average Bonchev–Trinajstić information content (AvgIpc) is 2.78. The van der Waals surface area contributed by atoms with Gasteiger partial charge in [-0.25, -0.2) is 4.79 Å². The average molecular weight is 239 g/mol. The number of carboxylic acids is 1. The molecule has 1 saturated carbocycles. The Labute approximate surface area is 102 Å². The van der Waals surface area contributed by atoms with Crippen molar-refractivity contribution in [3.8, 4) is 0 Å². The number of amides is 1. The summed E-state index contributed by atoms with van der Waals surface area (Å²) in [6.07, 6.45) is 6.42. The van der Waals surface area contributed by atoms with Gasteiger partial charge >= 0.3 is 5.97 Å². The molecule has 4 heteroatoms. The Bertz CT molecular complexity index is 306. The minimum Gasteiger partial charge on any atom is -0.480 e. The first-order valence-electron chi connectivity index (χ1n) is 6.20. The molecule has 0 aromatic rings. The van der Waals surface area contributed by atoms with E-state index in [-0.39, 0.29) is 17.7 Å². The van der Waals surface area contributed by atoms with Gasteiger partial charge in [0.25, 0.3) is 0 Å². The number of nitrogens with one attached hydrogen (secondary N) is 1. The lowest BCUT2D eigenvalue weighted by molar-refractivity contribution is -0.143. The molecule has 96 valence electrons. The summed E-state index contributed by atoms with van der Waals surface area (Å²) in [5.74, 6) is -1.10.